The summed E-state index contributed by atoms with van der Waals surface area (Å²) < 4.78 is 11.6. The summed E-state index contributed by atoms with van der Waals surface area (Å²) in [6.07, 6.45) is 3.11. The monoisotopic (exact) mass is 367 g/mol. The highest BCUT2D eigenvalue weighted by molar-refractivity contribution is 5.93. The Morgan fingerprint density at radius 1 is 1.07 bits per heavy atom. The minimum absolute atomic E-state index is 0.0671. The summed E-state index contributed by atoms with van der Waals surface area (Å²) in [5.41, 5.74) is 2.08. The van der Waals surface area contributed by atoms with Crippen molar-refractivity contribution in [2.45, 2.75) is 38.3 Å². The highest BCUT2D eigenvalue weighted by atomic mass is 16.5. The van der Waals surface area contributed by atoms with Crippen LogP contribution >= 0.6 is 0 Å². The number of hydrogen-bond acceptors (Lipinski definition) is 3. The van der Waals surface area contributed by atoms with Gasteiger partial charge in [0.1, 0.15) is 6.04 Å². The molecular weight excluding hydrogens is 340 g/mol. The summed E-state index contributed by atoms with van der Waals surface area (Å²) in [4.78, 5) is 14.1. The van der Waals surface area contributed by atoms with Crippen LogP contribution in [-0.2, 0) is 4.79 Å². The number of likely N-dealkylation sites (tertiary alicyclic amines) is 1. The number of ether oxygens (including phenoxy) is 2. The third-order valence-corrected chi connectivity index (χ3v) is 5.57. The average molecular weight is 367 g/mol. The van der Waals surface area contributed by atoms with Crippen LogP contribution in [0.5, 0.6) is 11.5 Å². The van der Waals surface area contributed by atoms with E-state index in [9.17, 15) is 4.79 Å². The Labute approximate surface area is 160 Å². The van der Waals surface area contributed by atoms with E-state index >= 15 is 0 Å². The van der Waals surface area contributed by atoms with Gasteiger partial charge in [0.05, 0.1) is 19.8 Å². The SMILES string of the molecule is C[C@H](C(=O)Nc1ccccc1)[NH+]1CCC[C@@H]1c1ccc2c(c1)OCCCO2. The van der Waals surface area contributed by atoms with E-state index in [0.29, 0.717) is 19.3 Å². The van der Waals surface area contributed by atoms with Crippen LogP contribution in [0.15, 0.2) is 48.5 Å². The van der Waals surface area contributed by atoms with E-state index in [-0.39, 0.29) is 11.9 Å². The molecule has 2 heterocycles. The second-order valence-corrected chi connectivity index (χ2v) is 7.35. The molecule has 1 amide bonds. The van der Waals surface area contributed by atoms with Crippen LogP contribution in [0.4, 0.5) is 5.69 Å². The fourth-order valence-electron chi connectivity index (χ4n) is 4.11. The minimum atomic E-state index is -0.117. The first-order valence-electron chi connectivity index (χ1n) is 9.83. The Morgan fingerprint density at radius 3 is 2.67 bits per heavy atom. The van der Waals surface area contributed by atoms with Crippen LogP contribution in [0, 0.1) is 0 Å². The van der Waals surface area contributed by atoms with Gasteiger partial charge in [0.2, 0.25) is 0 Å². The van der Waals surface area contributed by atoms with Crippen molar-refractivity contribution >= 4 is 11.6 Å². The molecule has 1 saturated heterocycles. The van der Waals surface area contributed by atoms with E-state index in [1.807, 2.05) is 43.3 Å². The lowest BCUT2D eigenvalue weighted by Gasteiger charge is -2.27. The molecule has 0 bridgehead atoms. The van der Waals surface area contributed by atoms with E-state index in [1.54, 1.807) is 0 Å². The Kier molecular flexibility index (Phi) is 5.30. The molecule has 3 atom stereocenters. The van der Waals surface area contributed by atoms with Crippen molar-refractivity contribution in [1.82, 2.24) is 0 Å². The molecule has 5 nitrogen and oxygen atoms in total. The summed E-state index contributed by atoms with van der Waals surface area (Å²) in [5, 5.41) is 3.04. The predicted octanol–water partition coefficient (Wildman–Crippen LogP) is 2.59. The Morgan fingerprint density at radius 2 is 1.85 bits per heavy atom. The summed E-state index contributed by atoms with van der Waals surface area (Å²) >= 11 is 0. The molecule has 1 fully saturated rings. The standard InChI is InChI=1S/C22H26N2O3/c1-16(22(25)23-18-7-3-2-4-8-18)24-12-5-9-19(24)17-10-11-20-21(15-17)27-14-6-13-26-20/h2-4,7-8,10-11,15-16,19H,5-6,9,12-14H2,1H3,(H,23,25)/p+1/t16-,19-/m1/s1. The molecule has 2 aromatic rings. The molecule has 0 spiro atoms. The van der Waals surface area contributed by atoms with E-state index in [2.05, 4.69) is 17.4 Å². The highest BCUT2D eigenvalue weighted by Crippen LogP contribution is 2.33. The van der Waals surface area contributed by atoms with Crippen molar-refractivity contribution < 1.29 is 19.2 Å². The zero-order valence-corrected chi connectivity index (χ0v) is 15.7. The molecule has 1 unspecified atom stereocenters. The Hall–Kier alpha value is -2.53. The number of carbonyl (C=O) groups is 1. The normalized spacial score (nSPS) is 22.7. The van der Waals surface area contributed by atoms with Crippen LogP contribution in [0.3, 0.4) is 0 Å². The number of quaternary nitrogens is 1. The van der Waals surface area contributed by atoms with Gasteiger partial charge in [-0.15, -0.1) is 0 Å². The molecule has 4 rings (SSSR count). The second-order valence-electron chi connectivity index (χ2n) is 7.35. The van der Waals surface area contributed by atoms with Crippen LogP contribution in [0.2, 0.25) is 0 Å². The summed E-state index contributed by atoms with van der Waals surface area (Å²) in [6.45, 7) is 4.41. The molecule has 142 valence electrons. The van der Waals surface area contributed by atoms with E-state index < -0.39 is 0 Å². The summed E-state index contributed by atoms with van der Waals surface area (Å²) in [6, 6.07) is 16.1. The quantitative estimate of drug-likeness (QED) is 0.873. The van der Waals surface area contributed by atoms with Crippen LogP contribution in [0.25, 0.3) is 0 Å². The average Bonchev–Trinajstić information content (AvgIpc) is 3.06. The van der Waals surface area contributed by atoms with E-state index in [4.69, 9.17) is 9.47 Å². The van der Waals surface area contributed by atoms with E-state index in [1.165, 1.54) is 10.5 Å². The van der Waals surface area contributed by atoms with Crippen molar-refractivity contribution in [3.8, 4) is 11.5 Å². The third-order valence-electron chi connectivity index (χ3n) is 5.57. The molecule has 2 aromatic carbocycles. The first-order valence-corrected chi connectivity index (χ1v) is 9.83. The number of nitrogens with one attached hydrogen (secondary N) is 2. The van der Waals surface area contributed by atoms with Gasteiger partial charge in [-0.2, -0.15) is 0 Å². The molecule has 5 heteroatoms. The molecular formula is C22H27N2O3+. The number of anilines is 1. The highest BCUT2D eigenvalue weighted by Gasteiger charge is 2.37. The van der Waals surface area contributed by atoms with Crippen LogP contribution < -0.4 is 19.7 Å². The van der Waals surface area contributed by atoms with Gasteiger partial charge in [-0.05, 0) is 37.3 Å². The fourth-order valence-corrected chi connectivity index (χ4v) is 4.11. The zero-order chi connectivity index (χ0) is 18.6. The number of carbonyl (C=O) groups excluding carboxylic acids is 1. The van der Waals surface area contributed by atoms with Crippen molar-refractivity contribution in [3.05, 3.63) is 54.1 Å². The maximum atomic E-state index is 12.8. The lowest BCUT2D eigenvalue weighted by Crippen LogP contribution is -3.15. The maximum absolute atomic E-state index is 12.8. The van der Waals surface area contributed by atoms with Crippen molar-refractivity contribution in [3.63, 3.8) is 0 Å². The van der Waals surface area contributed by atoms with E-state index in [0.717, 1.165) is 43.0 Å². The number of amides is 1. The van der Waals surface area contributed by atoms with Crippen molar-refractivity contribution in [1.29, 1.82) is 0 Å². The maximum Gasteiger partial charge on any atom is 0.282 e. The van der Waals surface area contributed by atoms with Crippen LogP contribution in [0.1, 0.15) is 37.8 Å². The third kappa shape index (κ3) is 3.93. The van der Waals surface area contributed by atoms with Crippen molar-refractivity contribution in [2.24, 2.45) is 0 Å². The van der Waals surface area contributed by atoms with Gasteiger partial charge in [-0.3, -0.25) is 4.79 Å². The number of fused-ring (bicyclic) bond motifs is 1. The lowest BCUT2D eigenvalue weighted by molar-refractivity contribution is -0.932. The molecule has 27 heavy (non-hydrogen) atoms. The Bertz CT molecular complexity index is 793. The molecule has 0 aromatic heterocycles. The summed E-state index contributed by atoms with van der Waals surface area (Å²) in [5.74, 6) is 1.72. The minimum Gasteiger partial charge on any atom is -0.490 e. The Balaban J connectivity index is 1.50. The largest absolute Gasteiger partial charge is 0.490 e. The first kappa shape index (κ1) is 17.9. The zero-order valence-electron chi connectivity index (χ0n) is 15.7. The smallest absolute Gasteiger partial charge is 0.282 e. The second kappa shape index (κ2) is 8.01. The van der Waals surface area contributed by atoms with Gasteiger partial charge in [0, 0.05) is 30.5 Å². The predicted molar refractivity (Wildman–Crippen MR) is 104 cm³/mol. The van der Waals surface area contributed by atoms with Gasteiger partial charge in [-0.1, -0.05) is 18.2 Å². The molecule has 0 saturated carbocycles. The number of hydrogen-bond donors (Lipinski definition) is 2. The summed E-state index contributed by atoms with van der Waals surface area (Å²) in [7, 11) is 0. The molecule has 0 aliphatic carbocycles. The molecule has 0 radical (unpaired) electrons. The number of benzene rings is 2. The van der Waals surface area contributed by atoms with Gasteiger partial charge in [0.15, 0.2) is 17.5 Å². The van der Waals surface area contributed by atoms with Gasteiger partial charge >= 0.3 is 0 Å². The first-order chi connectivity index (χ1) is 13.2. The molecule has 2 N–H and O–H groups in total. The fraction of sp³-hybridized carbons (Fsp3) is 0.409. The molecule has 2 aliphatic heterocycles. The van der Waals surface area contributed by atoms with Gasteiger partial charge in [-0.25, -0.2) is 0 Å². The number of para-hydroxylation sites is 1. The van der Waals surface area contributed by atoms with Gasteiger partial charge < -0.3 is 19.7 Å². The van der Waals surface area contributed by atoms with Gasteiger partial charge in [0.25, 0.3) is 5.91 Å². The number of rotatable bonds is 4. The molecule has 2 aliphatic rings. The topological polar surface area (TPSA) is 52.0 Å². The van der Waals surface area contributed by atoms with Crippen molar-refractivity contribution in [2.75, 3.05) is 25.1 Å². The lowest BCUT2D eigenvalue weighted by atomic mass is 10.0. The van der Waals surface area contributed by atoms with Crippen LogP contribution in [-0.4, -0.2) is 31.7 Å².